The molecule has 0 aliphatic heterocycles. The number of benzene rings is 2. The molecule has 0 spiro atoms. The largest absolute Gasteiger partial charge is 0.457 e. The van der Waals surface area contributed by atoms with E-state index in [2.05, 4.69) is 0 Å². The van der Waals surface area contributed by atoms with Gasteiger partial charge < -0.3 is 15.4 Å². The molecule has 0 saturated heterocycles. The van der Waals surface area contributed by atoms with Gasteiger partial charge in [-0.1, -0.05) is 6.07 Å². The second-order valence-electron chi connectivity index (χ2n) is 4.45. The molecule has 2 N–H and O–H groups in total. The Morgan fingerprint density at radius 2 is 1.95 bits per heavy atom. The van der Waals surface area contributed by atoms with Crippen LogP contribution in [0.25, 0.3) is 0 Å². The molecule has 2 aromatic carbocycles. The van der Waals surface area contributed by atoms with Gasteiger partial charge in [-0.3, -0.25) is 0 Å². The van der Waals surface area contributed by atoms with Gasteiger partial charge >= 0.3 is 0 Å². The summed E-state index contributed by atoms with van der Waals surface area (Å²) in [6.07, 6.45) is 0. The van der Waals surface area contributed by atoms with Gasteiger partial charge in [-0.15, -0.1) is 0 Å². The lowest BCUT2D eigenvalue weighted by Crippen LogP contribution is -2.08. The Kier molecular flexibility index (Phi) is 4.02. The van der Waals surface area contributed by atoms with Crippen molar-refractivity contribution in [1.82, 2.24) is 0 Å². The molecule has 19 heavy (non-hydrogen) atoms. The molecule has 0 unspecified atom stereocenters. The van der Waals surface area contributed by atoms with Crippen molar-refractivity contribution >= 4 is 5.69 Å². The minimum atomic E-state index is -0.310. The third-order valence-corrected chi connectivity index (χ3v) is 2.80. The van der Waals surface area contributed by atoms with E-state index in [9.17, 15) is 4.39 Å². The summed E-state index contributed by atoms with van der Waals surface area (Å²) in [5, 5.41) is 0. The Balaban J connectivity index is 2.28. The molecule has 0 heterocycles. The molecular formula is C15H17FN2O. The molecule has 0 saturated carbocycles. The highest BCUT2D eigenvalue weighted by Crippen LogP contribution is 2.28. The lowest BCUT2D eigenvalue weighted by molar-refractivity contribution is 0.474. The zero-order chi connectivity index (χ0) is 13.8. The molecule has 0 atom stereocenters. The van der Waals surface area contributed by atoms with Crippen molar-refractivity contribution in [3.8, 4) is 11.5 Å². The molecule has 3 nitrogen and oxygen atoms in total. The normalized spacial score (nSPS) is 10.3. The number of anilines is 1. The van der Waals surface area contributed by atoms with Crippen molar-refractivity contribution in [2.24, 2.45) is 5.73 Å². The van der Waals surface area contributed by atoms with Gasteiger partial charge in [0, 0.05) is 38.0 Å². The van der Waals surface area contributed by atoms with Crippen molar-refractivity contribution in [3.05, 3.63) is 53.8 Å². The van der Waals surface area contributed by atoms with Crippen LogP contribution in [0.15, 0.2) is 42.5 Å². The summed E-state index contributed by atoms with van der Waals surface area (Å²) in [6.45, 7) is 0.237. The van der Waals surface area contributed by atoms with Crippen molar-refractivity contribution in [2.75, 3.05) is 19.0 Å². The van der Waals surface area contributed by atoms with Gasteiger partial charge in [0.25, 0.3) is 0 Å². The third kappa shape index (κ3) is 3.23. The number of nitrogens with zero attached hydrogens (tertiary/aromatic N) is 1. The number of ether oxygens (including phenoxy) is 1. The van der Waals surface area contributed by atoms with Gasteiger partial charge in [0.05, 0.1) is 0 Å². The van der Waals surface area contributed by atoms with Gasteiger partial charge in [-0.2, -0.15) is 0 Å². The second kappa shape index (κ2) is 5.71. The van der Waals surface area contributed by atoms with E-state index >= 15 is 0 Å². The topological polar surface area (TPSA) is 38.5 Å². The number of nitrogens with two attached hydrogens (primary N) is 1. The zero-order valence-electron chi connectivity index (χ0n) is 11.1. The maximum Gasteiger partial charge on any atom is 0.132 e. The molecule has 0 aliphatic rings. The SMILES string of the molecule is CN(C)c1cccc(Oc2ccc(F)cc2CN)c1. The average Bonchev–Trinajstić information content (AvgIpc) is 2.41. The summed E-state index contributed by atoms with van der Waals surface area (Å²) in [5.41, 5.74) is 7.28. The maximum absolute atomic E-state index is 13.1. The molecule has 0 fully saturated rings. The van der Waals surface area contributed by atoms with Crippen molar-refractivity contribution in [2.45, 2.75) is 6.54 Å². The van der Waals surface area contributed by atoms with E-state index in [0.29, 0.717) is 17.1 Å². The Morgan fingerprint density at radius 3 is 2.63 bits per heavy atom. The summed E-state index contributed by atoms with van der Waals surface area (Å²) >= 11 is 0. The highest BCUT2D eigenvalue weighted by Gasteiger charge is 2.06. The molecule has 0 bridgehead atoms. The summed E-state index contributed by atoms with van der Waals surface area (Å²) in [5.74, 6) is 0.974. The molecule has 0 amide bonds. The quantitative estimate of drug-likeness (QED) is 0.917. The molecule has 2 aromatic rings. The summed E-state index contributed by atoms with van der Waals surface area (Å²) in [4.78, 5) is 1.99. The van der Waals surface area contributed by atoms with Gasteiger partial charge in [0.1, 0.15) is 17.3 Å². The lowest BCUT2D eigenvalue weighted by atomic mass is 10.2. The van der Waals surface area contributed by atoms with Crippen LogP contribution < -0.4 is 15.4 Å². The molecule has 4 heteroatoms. The molecule has 100 valence electrons. The number of hydrogen-bond donors (Lipinski definition) is 1. The Hall–Kier alpha value is -2.07. The van der Waals surface area contributed by atoms with Crippen LogP contribution in [0.3, 0.4) is 0 Å². The average molecular weight is 260 g/mol. The zero-order valence-corrected chi connectivity index (χ0v) is 11.1. The minimum Gasteiger partial charge on any atom is -0.457 e. The van der Waals surface area contributed by atoms with Crippen LogP contribution in [-0.2, 0) is 6.54 Å². The predicted molar refractivity (Wildman–Crippen MR) is 75.1 cm³/mol. The first-order valence-corrected chi connectivity index (χ1v) is 6.04. The van der Waals surface area contributed by atoms with E-state index in [1.54, 1.807) is 6.07 Å². The minimum absolute atomic E-state index is 0.237. The summed E-state index contributed by atoms with van der Waals surface area (Å²) < 4.78 is 18.9. The first kappa shape index (κ1) is 13.4. The van der Waals surface area contributed by atoms with Gasteiger partial charge in [-0.05, 0) is 30.3 Å². The Morgan fingerprint density at radius 1 is 1.16 bits per heavy atom. The van der Waals surface area contributed by atoms with Crippen LogP contribution in [0.4, 0.5) is 10.1 Å². The molecule has 0 radical (unpaired) electrons. The first-order chi connectivity index (χ1) is 9.10. The van der Waals surface area contributed by atoms with E-state index in [1.807, 2.05) is 43.3 Å². The van der Waals surface area contributed by atoms with Gasteiger partial charge in [-0.25, -0.2) is 4.39 Å². The highest BCUT2D eigenvalue weighted by molar-refractivity contribution is 5.50. The smallest absolute Gasteiger partial charge is 0.132 e. The number of halogens is 1. The monoisotopic (exact) mass is 260 g/mol. The van der Waals surface area contributed by atoms with E-state index in [0.717, 1.165) is 5.69 Å². The summed E-state index contributed by atoms with van der Waals surface area (Å²) in [7, 11) is 3.92. The number of hydrogen-bond acceptors (Lipinski definition) is 3. The van der Waals surface area contributed by atoms with Crippen LogP contribution in [-0.4, -0.2) is 14.1 Å². The standard InChI is InChI=1S/C15H17FN2O/c1-18(2)13-4-3-5-14(9-13)19-15-7-6-12(16)8-11(15)10-17/h3-9H,10,17H2,1-2H3. The van der Waals surface area contributed by atoms with Crippen molar-refractivity contribution in [1.29, 1.82) is 0 Å². The second-order valence-corrected chi connectivity index (χ2v) is 4.45. The van der Waals surface area contributed by atoms with Crippen LogP contribution in [0, 0.1) is 5.82 Å². The molecular weight excluding hydrogens is 243 g/mol. The predicted octanol–water partition coefficient (Wildman–Crippen LogP) is 3.14. The van der Waals surface area contributed by atoms with Gasteiger partial charge in [0.2, 0.25) is 0 Å². The molecule has 2 rings (SSSR count). The Labute approximate surface area is 112 Å². The molecule has 0 aliphatic carbocycles. The van der Waals surface area contributed by atoms with E-state index in [-0.39, 0.29) is 12.4 Å². The van der Waals surface area contributed by atoms with Crippen LogP contribution >= 0.6 is 0 Å². The fourth-order valence-electron chi connectivity index (χ4n) is 1.76. The molecule has 0 aromatic heterocycles. The van der Waals surface area contributed by atoms with Crippen LogP contribution in [0.5, 0.6) is 11.5 Å². The third-order valence-electron chi connectivity index (χ3n) is 2.80. The fourth-order valence-corrected chi connectivity index (χ4v) is 1.76. The van der Waals surface area contributed by atoms with Crippen LogP contribution in [0.2, 0.25) is 0 Å². The van der Waals surface area contributed by atoms with Crippen molar-refractivity contribution < 1.29 is 9.13 Å². The van der Waals surface area contributed by atoms with Gasteiger partial charge in [0.15, 0.2) is 0 Å². The number of rotatable bonds is 4. The van der Waals surface area contributed by atoms with E-state index in [4.69, 9.17) is 10.5 Å². The highest BCUT2D eigenvalue weighted by atomic mass is 19.1. The first-order valence-electron chi connectivity index (χ1n) is 6.04. The summed E-state index contributed by atoms with van der Waals surface area (Å²) in [6, 6.07) is 12.0. The van der Waals surface area contributed by atoms with Crippen LogP contribution in [0.1, 0.15) is 5.56 Å². The van der Waals surface area contributed by atoms with E-state index < -0.39 is 0 Å². The Bertz CT molecular complexity index is 570. The maximum atomic E-state index is 13.1. The van der Waals surface area contributed by atoms with E-state index in [1.165, 1.54) is 12.1 Å². The van der Waals surface area contributed by atoms with Crippen molar-refractivity contribution in [3.63, 3.8) is 0 Å². The lowest BCUT2D eigenvalue weighted by Gasteiger charge is -2.15. The fraction of sp³-hybridized carbons (Fsp3) is 0.200.